The van der Waals surface area contributed by atoms with Gasteiger partial charge in [-0.05, 0) is 6.92 Å². The quantitative estimate of drug-likeness (QED) is 0.468. The van der Waals surface area contributed by atoms with Crippen molar-refractivity contribution in [3.63, 3.8) is 0 Å². The van der Waals surface area contributed by atoms with Gasteiger partial charge in [-0.15, -0.1) is 0 Å². The van der Waals surface area contributed by atoms with Gasteiger partial charge in [0.25, 0.3) is 4.80 Å². The molecule has 1 aromatic heterocycles. The fourth-order valence-electron chi connectivity index (χ4n) is 0.553. The standard InChI is InChI=1S/C5H4BrNO3.Li/c1-2-3(4(8)9)10-5(6)7-2;/h1H3,(H,8,9);/q;+1/p-1. The molecule has 0 saturated carbocycles. The molecule has 1 rings (SSSR count). The largest absolute Gasteiger partial charge is 1.00 e. The van der Waals surface area contributed by atoms with E-state index in [2.05, 4.69) is 25.3 Å². The van der Waals surface area contributed by atoms with E-state index < -0.39 is 5.97 Å². The molecule has 0 unspecified atom stereocenters. The van der Waals surface area contributed by atoms with Crippen molar-refractivity contribution >= 4 is 21.9 Å². The third-order valence-corrected chi connectivity index (χ3v) is 1.30. The Balaban J connectivity index is 0.000001000. The van der Waals surface area contributed by atoms with E-state index in [1.807, 2.05) is 0 Å². The first-order valence-corrected chi connectivity index (χ1v) is 3.25. The Bertz CT molecular complexity index is 273. The van der Waals surface area contributed by atoms with Crippen LogP contribution in [0.4, 0.5) is 0 Å². The summed E-state index contributed by atoms with van der Waals surface area (Å²) in [4.78, 5) is 14.0. The van der Waals surface area contributed by atoms with Crippen LogP contribution in [0, 0.1) is 6.92 Å². The minimum atomic E-state index is -1.35. The van der Waals surface area contributed by atoms with Crippen molar-refractivity contribution in [1.29, 1.82) is 0 Å². The summed E-state index contributed by atoms with van der Waals surface area (Å²) in [5, 5.41) is 10.2. The SMILES string of the molecule is Cc1nc(Br)oc1C(=O)[O-].[Li+]. The molecule has 0 aliphatic heterocycles. The van der Waals surface area contributed by atoms with E-state index in [9.17, 15) is 9.90 Å². The number of aromatic nitrogens is 1. The summed E-state index contributed by atoms with van der Waals surface area (Å²) >= 11 is 2.88. The van der Waals surface area contributed by atoms with Crippen molar-refractivity contribution in [2.24, 2.45) is 0 Å². The van der Waals surface area contributed by atoms with Gasteiger partial charge in [-0.2, -0.15) is 0 Å². The first-order chi connectivity index (χ1) is 4.61. The van der Waals surface area contributed by atoms with E-state index in [0.717, 1.165) is 0 Å². The van der Waals surface area contributed by atoms with Crippen molar-refractivity contribution < 1.29 is 33.2 Å². The molecule has 4 nitrogen and oxygen atoms in total. The second-order valence-corrected chi connectivity index (χ2v) is 2.35. The molecule has 0 saturated heterocycles. The first kappa shape index (κ1) is 10.8. The fraction of sp³-hybridized carbons (Fsp3) is 0.200. The summed E-state index contributed by atoms with van der Waals surface area (Å²) in [7, 11) is 0. The van der Waals surface area contributed by atoms with Crippen LogP contribution in [-0.4, -0.2) is 11.0 Å². The second-order valence-electron chi connectivity index (χ2n) is 1.67. The fourth-order valence-corrected chi connectivity index (χ4v) is 0.981. The van der Waals surface area contributed by atoms with Crippen LogP contribution in [0.3, 0.4) is 0 Å². The molecule has 0 aliphatic carbocycles. The number of aromatic carboxylic acids is 1. The molecule has 1 heterocycles. The molecule has 54 valence electrons. The van der Waals surface area contributed by atoms with E-state index >= 15 is 0 Å². The number of carboxylic acids is 1. The van der Waals surface area contributed by atoms with Gasteiger partial charge in [0.15, 0.2) is 5.76 Å². The first-order valence-electron chi connectivity index (χ1n) is 2.45. The van der Waals surface area contributed by atoms with E-state index in [1.165, 1.54) is 6.92 Å². The number of carbonyl (C=O) groups excluding carboxylic acids is 1. The van der Waals surface area contributed by atoms with E-state index in [-0.39, 0.29) is 29.4 Å². The van der Waals surface area contributed by atoms with Gasteiger partial charge < -0.3 is 14.3 Å². The molecule has 0 radical (unpaired) electrons. The van der Waals surface area contributed by atoms with Gasteiger partial charge in [-0.3, -0.25) is 0 Å². The average molecular weight is 212 g/mol. The Labute approximate surface area is 83.3 Å². The van der Waals surface area contributed by atoms with Crippen LogP contribution in [0.15, 0.2) is 9.22 Å². The number of halogens is 1. The van der Waals surface area contributed by atoms with Crippen molar-refractivity contribution in [3.05, 3.63) is 16.3 Å². The molecule has 1 aromatic rings. The Kier molecular flexibility index (Phi) is 3.87. The third-order valence-electron chi connectivity index (χ3n) is 0.956. The predicted octanol–water partition coefficient (Wildman–Crippen LogP) is -2.89. The normalized spacial score (nSPS) is 8.91. The molecule has 0 bridgehead atoms. The van der Waals surface area contributed by atoms with E-state index in [1.54, 1.807) is 0 Å². The van der Waals surface area contributed by atoms with Crippen LogP contribution in [0.2, 0.25) is 0 Å². The van der Waals surface area contributed by atoms with Crippen LogP contribution < -0.4 is 24.0 Å². The zero-order chi connectivity index (χ0) is 7.72. The van der Waals surface area contributed by atoms with Crippen molar-refractivity contribution in [2.45, 2.75) is 6.92 Å². The maximum atomic E-state index is 10.2. The van der Waals surface area contributed by atoms with Crippen LogP contribution in [-0.2, 0) is 0 Å². The summed E-state index contributed by atoms with van der Waals surface area (Å²) in [5.74, 6) is -1.58. The molecule has 0 fully saturated rings. The van der Waals surface area contributed by atoms with E-state index in [0.29, 0.717) is 5.69 Å². The van der Waals surface area contributed by atoms with Crippen molar-refractivity contribution in [3.8, 4) is 0 Å². The molecule has 0 amide bonds. The van der Waals surface area contributed by atoms with Crippen LogP contribution in [0.1, 0.15) is 16.2 Å². The molecule has 0 aliphatic rings. The van der Waals surface area contributed by atoms with Gasteiger partial charge >= 0.3 is 18.9 Å². The van der Waals surface area contributed by atoms with Gasteiger partial charge in [0.2, 0.25) is 0 Å². The Morgan fingerprint density at radius 3 is 2.45 bits per heavy atom. The van der Waals surface area contributed by atoms with Gasteiger partial charge in [-0.25, -0.2) is 4.98 Å². The third kappa shape index (κ3) is 2.36. The number of oxazole rings is 1. The summed E-state index contributed by atoms with van der Waals surface area (Å²) in [5.41, 5.74) is 0.312. The predicted molar refractivity (Wildman–Crippen MR) is 33.3 cm³/mol. The Morgan fingerprint density at radius 2 is 2.27 bits per heavy atom. The van der Waals surface area contributed by atoms with Gasteiger partial charge in [-0.1, -0.05) is 0 Å². The maximum Gasteiger partial charge on any atom is 1.00 e. The van der Waals surface area contributed by atoms with Crippen molar-refractivity contribution in [1.82, 2.24) is 4.98 Å². The topological polar surface area (TPSA) is 66.2 Å². The zero-order valence-corrected chi connectivity index (χ0v) is 7.64. The number of carbonyl (C=O) groups is 1. The molecular formula is C5H3BrLiNO3. The minimum Gasteiger partial charge on any atom is -0.541 e. The zero-order valence-electron chi connectivity index (χ0n) is 6.05. The Morgan fingerprint density at radius 1 is 1.73 bits per heavy atom. The molecule has 0 aromatic carbocycles. The molecule has 0 spiro atoms. The summed E-state index contributed by atoms with van der Waals surface area (Å²) in [6.07, 6.45) is 0. The molecule has 0 atom stereocenters. The second kappa shape index (κ2) is 3.95. The Hall–Kier alpha value is -0.243. The smallest absolute Gasteiger partial charge is 0.541 e. The maximum absolute atomic E-state index is 10.2. The van der Waals surface area contributed by atoms with Crippen LogP contribution >= 0.6 is 15.9 Å². The van der Waals surface area contributed by atoms with Gasteiger partial charge in [0.05, 0.1) is 5.69 Å². The number of aryl methyl sites for hydroxylation is 1. The molecular weight excluding hydrogens is 209 g/mol. The van der Waals surface area contributed by atoms with Crippen molar-refractivity contribution in [2.75, 3.05) is 0 Å². The summed E-state index contributed by atoms with van der Waals surface area (Å²) < 4.78 is 4.62. The van der Waals surface area contributed by atoms with Crippen LogP contribution in [0.25, 0.3) is 0 Å². The minimum absolute atomic E-state index is 0. The number of carboxylic acid groups (broad SMARTS) is 1. The van der Waals surface area contributed by atoms with Crippen LogP contribution in [0.5, 0.6) is 0 Å². The monoisotopic (exact) mass is 211 g/mol. The molecule has 6 heteroatoms. The van der Waals surface area contributed by atoms with Gasteiger partial charge in [0, 0.05) is 15.9 Å². The average Bonchev–Trinajstić information content (AvgIpc) is 2.10. The molecule has 11 heavy (non-hydrogen) atoms. The number of hydrogen-bond donors (Lipinski definition) is 0. The van der Waals surface area contributed by atoms with E-state index in [4.69, 9.17) is 0 Å². The number of nitrogens with zero attached hydrogens (tertiary/aromatic N) is 1. The number of hydrogen-bond acceptors (Lipinski definition) is 4. The molecule has 0 N–H and O–H groups in total. The van der Waals surface area contributed by atoms with Gasteiger partial charge in [0.1, 0.15) is 5.97 Å². The number of rotatable bonds is 1. The summed E-state index contributed by atoms with van der Waals surface area (Å²) in [6.45, 7) is 1.53. The summed E-state index contributed by atoms with van der Waals surface area (Å²) in [6, 6.07) is 0.